The standard InChI is InChI=1S/C17H29NO2S/c1-5-18-13-16(10-11-21(19,20)14(2)3)12-17-9-7-6-8-15(17)4/h6-9,14,16,18H,5,10-13H2,1-4H3. The molecule has 1 aromatic carbocycles. The molecular weight excluding hydrogens is 282 g/mol. The van der Waals surface area contributed by atoms with Gasteiger partial charge in [0.25, 0.3) is 0 Å². The van der Waals surface area contributed by atoms with Gasteiger partial charge >= 0.3 is 0 Å². The van der Waals surface area contributed by atoms with Crippen molar-refractivity contribution in [2.75, 3.05) is 18.8 Å². The Morgan fingerprint density at radius 2 is 1.86 bits per heavy atom. The third-order valence-electron chi connectivity index (χ3n) is 3.98. The zero-order chi connectivity index (χ0) is 15.9. The number of sulfone groups is 1. The lowest BCUT2D eigenvalue weighted by Crippen LogP contribution is -2.27. The summed E-state index contributed by atoms with van der Waals surface area (Å²) in [5.74, 6) is 0.645. The Hall–Kier alpha value is -0.870. The highest BCUT2D eigenvalue weighted by Crippen LogP contribution is 2.17. The van der Waals surface area contributed by atoms with Crippen LogP contribution >= 0.6 is 0 Å². The quantitative estimate of drug-likeness (QED) is 0.762. The van der Waals surface area contributed by atoms with E-state index in [1.807, 2.05) is 6.07 Å². The first kappa shape index (κ1) is 18.2. The lowest BCUT2D eigenvalue weighted by molar-refractivity contribution is 0.463. The van der Waals surface area contributed by atoms with E-state index in [9.17, 15) is 8.42 Å². The highest BCUT2D eigenvalue weighted by Gasteiger charge is 2.19. The van der Waals surface area contributed by atoms with Crippen molar-refractivity contribution in [1.29, 1.82) is 0 Å². The molecule has 0 aromatic heterocycles. The Morgan fingerprint density at radius 1 is 1.19 bits per heavy atom. The molecule has 1 unspecified atom stereocenters. The molecule has 0 radical (unpaired) electrons. The van der Waals surface area contributed by atoms with Crippen LogP contribution in [-0.4, -0.2) is 32.5 Å². The molecule has 1 atom stereocenters. The lowest BCUT2D eigenvalue weighted by Gasteiger charge is -2.19. The molecule has 0 aliphatic carbocycles. The van der Waals surface area contributed by atoms with Gasteiger partial charge in [-0.1, -0.05) is 31.2 Å². The van der Waals surface area contributed by atoms with Gasteiger partial charge in [-0.3, -0.25) is 0 Å². The zero-order valence-electron chi connectivity index (χ0n) is 13.7. The second-order valence-electron chi connectivity index (χ2n) is 6.01. The second kappa shape index (κ2) is 8.54. The topological polar surface area (TPSA) is 46.2 Å². The van der Waals surface area contributed by atoms with Gasteiger partial charge in [0.05, 0.1) is 11.0 Å². The van der Waals surface area contributed by atoms with E-state index in [0.717, 1.165) is 25.9 Å². The van der Waals surface area contributed by atoms with E-state index in [4.69, 9.17) is 0 Å². The molecular formula is C17H29NO2S. The highest BCUT2D eigenvalue weighted by molar-refractivity contribution is 7.91. The van der Waals surface area contributed by atoms with Crippen molar-refractivity contribution in [2.24, 2.45) is 5.92 Å². The molecule has 0 bridgehead atoms. The number of hydrogen-bond donors (Lipinski definition) is 1. The van der Waals surface area contributed by atoms with Gasteiger partial charge in [0.1, 0.15) is 0 Å². The molecule has 0 saturated heterocycles. The summed E-state index contributed by atoms with van der Waals surface area (Å²) in [6, 6.07) is 8.36. The van der Waals surface area contributed by atoms with Gasteiger partial charge < -0.3 is 5.32 Å². The predicted octanol–water partition coefficient (Wildman–Crippen LogP) is 2.98. The van der Waals surface area contributed by atoms with Crippen molar-refractivity contribution in [3.8, 4) is 0 Å². The summed E-state index contributed by atoms with van der Waals surface area (Å²) in [6.07, 6.45) is 1.66. The summed E-state index contributed by atoms with van der Waals surface area (Å²) in [5, 5.41) is 3.08. The fourth-order valence-corrected chi connectivity index (χ4v) is 3.47. The van der Waals surface area contributed by atoms with Crippen LogP contribution < -0.4 is 5.32 Å². The normalized spacial score (nSPS) is 13.6. The minimum absolute atomic E-state index is 0.282. The van der Waals surface area contributed by atoms with Crippen LogP contribution in [-0.2, 0) is 16.3 Å². The van der Waals surface area contributed by atoms with Gasteiger partial charge in [0.15, 0.2) is 9.84 Å². The maximum atomic E-state index is 12.0. The van der Waals surface area contributed by atoms with Crippen LogP contribution in [0.4, 0.5) is 0 Å². The molecule has 0 fully saturated rings. The van der Waals surface area contributed by atoms with Crippen molar-refractivity contribution in [2.45, 2.75) is 45.8 Å². The predicted molar refractivity (Wildman–Crippen MR) is 90.5 cm³/mol. The number of rotatable bonds is 9. The number of aryl methyl sites for hydroxylation is 1. The van der Waals surface area contributed by atoms with Crippen molar-refractivity contribution < 1.29 is 8.42 Å². The summed E-state index contributed by atoms with van der Waals surface area (Å²) in [7, 11) is -2.95. The van der Waals surface area contributed by atoms with E-state index < -0.39 is 9.84 Å². The van der Waals surface area contributed by atoms with Crippen molar-refractivity contribution in [3.63, 3.8) is 0 Å². The molecule has 0 spiro atoms. The van der Waals surface area contributed by atoms with Gasteiger partial charge in [0, 0.05) is 0 Å². The average molecular weight is 311 g/mol. The van der Waals surface area contributed by atoms with Gasteiger partial charge in [-0.15, -0.1) is 0 Å². The molecule has 1 N–H and O–H groups in total. The monoisotopic (exact) mass is 311 g/mol. The third-order valence-corrected chi connectivity index (χ3v) is 6.22. The van der Waals surface area contributed by atoms with Crippen LogP contribution in [0.15, 0.2) is 24.3 Å². The van der Waals surface area contributed by atoms with E-state index >= 15 is 0 Å². The second-order valence-corrected chi connectivity index (χ2v) is 8.69. The van der Waals surface area contributed by atoms with E-state index in [1.54, 1.807) is 13.8 Å². The molecule has 0 amide bonds. The average Bonchev–Trinajstić information content (AvgIpc) is 2.43. The van der Waals surface area contributed by atoms with E-state index in [-0.39, 0.29) is 11.0 Å². The molecule has 3 nitrogen and oxygen atoms in total. The first-order chi connectivity index (χ1) is 9.86. The van der Waals surface area contributed by atoms with Crippen LogP contribution in [0.3, 0.4) is 0 Å². The Kier molecular flexibility index (Phi) is 7.40. The lowest BCUT2D eigenvalue weighted by atomic mass is 9.94. The van der Waals surface area contributed by atoms with Gasteiger partial charge in [0.2, 0.25) is 0 Å². The number of benzene rings is 1. The van der Waals surface area contributed by atoms with Crippen LogP contribution in [0, 0.1) is 12.8 Å². The Balaban J connectivity index is 2.70. The molecule has 1 aromatic rings. The maximum absolute atomic E-state index is 12.0. The Morgan fingerprint density at radius 3 is 2.43 bits per heavy atom. The summed E-state index contributed by atoms with van der Waals surface area (Å²) >= 11 is 0. The molecule has 0 aliphatic heterocycles. The largest absolute Gasteiger partial charge is 0.317 e. The number of nitrogens with one attached hydrogen (secondary N) is 1. The van der Waals surface area contributed by atoms with Crippen molar-refractivity contribution in [1.82, 2.24) is 5.32 Å². The minimum Gasteiger partial charge on any atom is -0.317 e. The summed E-state index contributed by atoms with van der Waals surface area (Å²) in [5.41, 5.74) is 2.60. The number of hydrogen-bond acceptors (Lipinski definition) is 3. The van der Waals surface area contributed by atoms with Crippen LogP contribution in [0.2, 0.25) is 0 Å². The third kappa shape index (κ3) is 6.18. The Labute approximate surface area is 130 Å². The van der Waals surface area contributed by atoms with E-state index in [1.165, 1.54) is 11.1 Å². The van der Waals surface area contributed by atoms with E-state index in [2.05, 4.69) is 37.4 Å². The summed E-state index contributed by atoms with van der Waals surface area (Å²) in [6.45, 7) is 9.51. The first-order valence-corrected chi connectivity index (χ1v) is 9.55. The van der Waals surface area contributed by atoms with Crippen LogP contribution in [0.25, 0.3) is 0 Å². The van der Waals surface area contributed by atoms with Crippen molar-refractivity contribution >= 4 is 9.84 Å². The van der Waals surface area contributed by atoms with Gasteiger partial charge in [-0.05, 0) is 63.7 Å². The minimum atomic E-state index is -2.95. The maximum Gasteiger partial charge on any atom is 0.152 e. The highest BCUT2D eigenvalue weighted by atomic mass is 32.2. The molecule has 0 heterocycles. The smallest absolute Gasteiger partial charge is 0.152 e. The van der Waals surface area contributed by atoms with Crippen LogP contribution in [0.1, 0.15) is 38.3 Å². The fraction of sp³-hybridized carbons (Fsp3) is 0.647. The molecule has 4 heteroatoms. The summed E-state index contributed by atoms with van der Waals surface area (Å²) < 4.78 is 24.0. The fourth-order valence-electron chi connectivity index (χ4n) is 2.34. The van der Waals surface area contributed by atoms with Crippen molar-refractivity contribution in [3.05, 3.63) is 35.4 Å². The zero-order valence-corrected chi connectivity index (χ0v) is 14.5. The molecule has 21 heavy (non-hydrogen) atoms. The molecule has 1 rings (SSSR count). The summed E-state index contributed by atoms with van der Waals surface area (Å²) in [4.78, 5) is 0. The SMILES string of the molecule is CCNCC(CCS(=O)(=O)C(C)C)Cc1ccccc1C. The van der Waals surface area contributed by atoms with Gasteiger partial charge in [-0.2, -0.15) is 0 Å². The van der Waals surface area contributed by atoms with Crippen LogP contribution in [0.5, 0.6) is 0 Å². The first-order valence-electron chi connectivity index (χ1n) is 7.83. The molecule has 0 saturated carbocycles. The molecule has 0 aliphatic rings. The van der Waals surface area contributed by atoms with Gasteiger partial charge in [-0.25, -0.2) is 8.42 Å². The van der Waals surface area contributed by atoms with E-state index in [0.29, 0.717) is 5.92 Å². The molecule has 120 valence electrons. The Bertz CT molecular complexity index is 523.